The first-order valence-corrected chi connectivity index (χ1v) is 10.3. The van der Waals surface area contributed by atoms with Crippen LogP contribution in [0.3, 0.4) is 0 Å². The van der Waals surface area contributed by atoms with Crippen molar-refractivity contribution < 1.29 is 4.74 Å². The van der Waals surface area contributed by atoms with E-state index in [1.54, 1.807) is 11.3 Å². The van der Waals surface area contributed by atoms with E-state index in [1.807, 2.05) is 6.20 Å². The summed E-state index contributed by atoms with van der Waals surface area (Å²) in [6.07, 6.45) is 6.74. The summed E-state index contributed by atoms with van der Waals surface area (Å²) in [6, 6.07) is 0.661. The third-order valence-corrected chi connectivity index (χ3v) is 7.04. The van der Waals surface area contributed by atoms with Crippen molar-refractivity contribution >= 4 is 28.2 Å². The van der Waals surface area contributed by atoms with Crippen molar-refractivity contribution in [3.8, 4) is 0 Å². The molecule has 1 N–H and O–H groups in total. The Labute approximate surface area is 142 Å². The SMILES string of the molecule is CCSC1(CNC2CCN(c3nccs3)CC2)CCOCC1. The molecule has 3 rings (SSSR count). The van der Waals surface area contributed by atoms with Crippen LogP contribution < -0.4 is 10.2 Å². The van der Waals surface area contributed by atoms with Crippen molar-refractivity contribution in [2.45, 2.75) is 43.4 Å². The highest BCUT2D eigenvalue weighted by molar-refractivity contribution is 8.00. The average Bonchev–Trinajstić information content (AvgIpc) is 3.09. The summed E-state index contributed by atoms with van der Waals surface area (Å²) in [7, 11) is 0. The van der Waals surface area contributed by atoms with Crippen LogP contribution >= 0.6 is 23.1 Å². The van der Waals surface area contributed by atoms with Crippen molar-refractivity contribution in [2.75, 3.05) is 43.5 Å². The third kappa shape index (κ3) is 4.16. The summed E-state index contributed by atoms with van der Waals surface area (Å²) in [5.41, 5.74) is 0. The molecule has 2 aliphatic rings. The van der Waals surface area contributed by atoms with E-state index in [9.17, 15) is 0 Å². The van der Waals surface area contributed by atoms with E-state index in [0.29, 0.717) is 10.8 Å². The van der Waals surface area contributed by atoms with Crippen LogP contribution in [0.15, 0.2) is 11.6 Å². The molecular formula is C16H27N3OS2. The number of piperidine rings is 1. The van der Waals surface area contributed by atoms with Gasteiger partial charge < -0.3 is 15.0 Å². The molecule has 6 heteroatoms. The zero-order valence-electron chi connectivity index (χ0n) is 13.4. The number of ether oxygens (including phenoxy) is 1. The fourth-order valence-corrected chi connectivity index (χ4v) is 5.35. The number of thioether (sulfide) groups is 1. The summed E-state index contributed by atoms with van der Waals surface area (Å²) in [5, 5.41) is 7.11. The average molecular weight is 342 g/mol. The molecule has 0 radical (unpaired) electrons. The number of anilines is 1. The molecule has 124 valence electrons. The fourth-order valence-electron chi connectivity index (χ4n) is 3.40. The van der Waals surface area contributed by atoms with E-state index in [2.05, 4.69) is 39.3 Å². The molecule has 0 atom stereocenters. The molecular weight excluding hydrogens is 314 g/mol. The second-order valence-corrected chi connectivity index (χ2v) is 8.79. The molecule has 2 aliphatic heterocycles. The Morgan fingerprint density at radius 2 is 2.18 bits per heavy atom. The molecule has 0 aliphatic carbocycles. The first-order valence-electron chi connectivity index (χ1n) is 8.41. The Kier molecular flexibility index (Phi) is 6.02. The predicted octanol–water partition coefficient (Wildman–Crippen LogP) is 3.00. The first kappa shape index (κ1) is 16.6. The van der Waals surface area contributed by atoms with Gasteiger partial charge in [0.1, 0.15) is 0 Å². The first-order chi connectivity index (χ1) is 10.8. The number of thiazole rings is 1. The van der Waals surface area contributed by atoms with E-state index in [1.165, 1.54) is 36.6 Å². The molecule has 2 fully saturated rings. The molecule has 22 heavy (non-hydrogen) atoms. The van der Waals surface area contributed by atoms with Gasteiger partial charge >= 0.3 is 0 Å². The van der Waals surface area contributed by atoms with Gasteiger partial charge in [-0.1, -0.05) is 6.92 Å². The topological polar surface area (TPSA) is 37.4 Å². The van der Waals surface area contributed by atoms with Gasteiger partial charge in [0.2, 0.25) is 0 Å². The van der Waals surface area contributed by atoms with E-state index >= 15 is 0 Å². The van der Waals surface area contributed by atoms with Crippen LogP contribution in [0.5, 0.6) is 0 Å². The maximum Gasteiger partial charge on any atom is 0.185 e. The van der Waals surface area contributed by atoms with E-state index in [0.717, 1.165) is 32.8 Å². The second-order valence-electron chi connectivity index (χ2n) is 6.19. The van der Waals surface area contributed by atoms with Crippen LogP contribution in [-0.2, 0) is 4.74 Å². The summed E-state index contributed by atoms with van der Waals surface area (Å²) in [4.78, 5) is 6.85. The standard InChI is InChI=1S/C16H27N3OS2/c1-2-22-16(5-10-20-11-6-16)13-18-14-3-8-19(9-4-14)15-17-7-12-21-15/h7,12,14,18H,2-6,8-11,13H2,1H3. The van der Waals surface area contributed by atoms with Crippen molar-refractivity contribution in [2.24, 2.45) is 0 Å². The number of hydrogen-bond donors (Lipinski definition) is 1. The molecule has 1 aromatic heterocycles. The Bertz CT molecular complexity index is 421. The van der Waals surface area contributed by atoms with Crippen molar-refractivity contribution in [1.82, 2.24) is 10.3 Å². The Hall–Kier alpha value is -0.300. The van der Waals surface area contributed by atoms with Gasteiger partial charge in [-0.25, -0.2) is 4.98 Å². The number of rotatable bonds is 6. The largest absolute Gasteiger partial charge is 0.381 e. The van der Waals surface area contributed by atoms with Crippen LogP contribution in [-0.4, -0.2) is 54.4 Å². The maximum absolute atomic E-state index is 5.56. The fraction of sp³-hybridized carbons (Fsp3) is 0.812. The zero-order chi connectivity index (χ0) is 15.3. The van der Waals surface area contributed by atoms with Gasteiger partial charge in [-0.3, -0.25) is 0 Å². The Morgan fingerprint density at radius 3 is 2.82 bits per heavy atom. The highest BCUT2D eigenvalue weighted by atomic mass is 32.2. The maximum atomic E-state index is 5.56. The number of nitrogens with zero attached hydrogens (tertiary/aromatic N) is 2. The smallest absolute Gasteiger partial charge is 0.185 e. The minimum Gasteiger partial charge on any atom is -0.381 e. The Morgan fingerprint density at radius 1 is 1.41 bits per heavy atom. The van der Waals surface area contributed by atoms with E-state index < -0.39 is 0 Å². The van der Waals surface area contributed by atoms with Gasteiger partial charge in [-0.15, -0.1) is 11.3 Å². The summed E-state index contributed by atoms with van der Waals surface area (Å²) >= 11 is 3.88. The summed E-state index contributed by atoms with van der Waals surface area (Å²) in [6.45, 7) is 7.52. The molecule has 4 nitrogen and oxygen atoms in total. The molecule has 0 aromatic carbocycles. The minimum atomic E-state index is 0.402. The second kappa shape index (κ2) is 7.99. The van der Waals surface area contributed by atoms with Gasteiger partial charge in [0.15, 0.2) is 5.13 Å². The van der Waals surface area contributed by atoms with Gasteiger partial charge in [-0.2, -0.15) is 11.8 Å². The monoisotopic (exact) mass is 341 g/mol. The Balaban J connectivity index is 1.46. The highest BCUT2D eigenvalue weighted by Crippen LogP contribution is 2.35. The lowest BCUT2D eigenvalue weighted by Gasteiger charge is -2.39. The number of aromatic nitrogens is 1. The molecule has 2 saturated heterocycles. The summed E-state index contributed by atoms with van der Waals surface area (Å²) < 4.78 is 5.97. The van der Waals surface area contributed by atoms with Crippen molar-refractivity contribution in [3.63, 3.8) is 0 Å². The lowest BCUT2D eigenvalue weighted by atomic mass is 9.97. The van der Waals surface area contributed by atoms with Crippen LogP contribution in [0, 0.1) is 0 Å². The van der Waals surface area contributed by atoms with Crippen LogP contribution in [0.1, 0.15) is 32.6 Å². The molecule has 0 bridgehead atoms. The zero-order valence-corrected chi connectivity index (χ0v) is 15.1. The number of nitrogens with one attached hydrogen (secondary N) is 1. The van der Waals surface area contributed by atoms with Crippen LogP contribution in [0.4, 0.5) is 5.13 Å². The predicted molar refractivity (Wildman–Crippen MR) is 96.3 cm³/mol. The van der Waals surface area contributed by atoms with Gasteiger partial charge in [0.25, 0.3) is 0 Å². The lowest BCUT2D eigenvalue weighted by molar-refractivity contribution is 0.0762. The molecule has 0 amide bonds. The molecule has 0 spiro atoms. The normalized spacial score (nSPS) is 22.9. The molecule has 3 heterocycles. The van der Waals surface area contributed by atoms with Gasteiger partial charge in [0, 0.05) is 55.2 Å². The minimum absolute atomic E-state index is 0.402. The van der Waals surface area contributed by atoms with E-state index in [4.69, 9.17) is 4.74 Å². The van der Waals surface area contributed by atoms with Gasteiger partial charge in [0.05, 0.1) is 0 Å². The highest BCUT2D eigenvalue weighted by Gasteiger charge is 2.33. The molecule has 0 saturated carbocycles. The molecule has 0 unspecified atom stereocenters. The van der Waals surface area contributed by atoms with Crippen LogP contribution in [0.2, 0.25) is 0 Å². The lowest BCUT2D eigenvalue weighted by Crippen LogP contribution is -2.49. The third-order valence-electron chi connectivity index (χ3n) is 4.75. The van der Waals surface area contributed by atoms with Gasteiger partial charge in [-0.05, 0) is 31.4 Å². The van der Waals surface area contributed by atoms with E-state index in [-0.39, 0.29) is 0 Å². The van der Waals surface area contributed by atoms with Crippen molar-refractivity contribution in [1.29, 1.82) is 0 Å². The quantitative estimate of drug-likeness (QED) is 0.861. The summed E-state index contributed by atoms with van der Waals surface area (Å²) in [5.74, 6) is 1.20. The van der Waals surface area contributed by atoms with Crippen molar-refractivity contribution in [3.05, 3.63) is 11.6 Å². The molecule has 1 aromatic rings. The van der Waals surface area contributed by atoms with Crippen LogP contribution in [0.25, 0.3) is 0 Å². The number of hydrogen-bond acceptors (Lipinski definition) is 6.